The lowest BCUT2D eigenvalue weighted by atomic mass is 9.99. The fraction of sp³-hybridized carbons (Fsp3) is 0.391. The first-order valence-electron chi connectivity index (χ1n) is 10.4. The Morgan fingerprint density at radius 1 is 0.710 bits per heavy atom. The summed E-state index contributed by atoms with van der Waals surface area (Å²) in [5, 5.41) is 0. The van der Waals surface area contributed by atoms with Crippen LogP contribution < -0.4 is 32.4 Å². The summed E-state index contributed by atoms with van der Waals surface area (Å²) in [4.78, 5) is 7.99. The third-order valence-electron chi connectivity index (χ3n) is 4.65. The fourth-order valence-corrected chi connectivity index (χ4v) is 3.22. The van der Waals surface area contributed by atoms with Gasteiger partial charge < -0.3 is 32.4 Å². The molecule has 0 fully saturated rings. The van der Waals surface area contributed by atoms with Crippen molar-refractivity contribution in [1.29, 1.82) is 0 Å². The molecule has 8 nitrogen and oxygen atoms in total. The molecular weight excluding hydrogens is 392 g/mol. The largest absolute Gasteiger partial charge is 0.493 e. The Hall–Kier alpha value is -3.42. The molecule has 31 heavy (non-hydrogen) atoms. The van der Waals surface area contributed by atoms with Crippen molar-refractivity contribution in [2.24, 2.45) is 32.9 Å². The number of ether oxygens (including phenoxy) is 2. The van der Waals surface area contributed by atoms with Gasteiger partial charge in [-0.1, -0.05) is 36.4 Å². The number of aliphatic imine (C=N–C) groups is 2. The lowest BCUT2D eigenvalue weighted by Crippen LogP contribution is -2.23. The van der Waals surface area contributed by atoms with E-state index in [0.717, 1.165) is 46.6 Å². The Bertz CT molecular complexity index is 829. The van der Waals surface area contributed by atoms with Crippen LogP contribution in [0.15, 0.2) is 46.4 Å². The van der Waals surface area contributed by atoms with Gasteiger partial charge in [-0.25, -0.2) is 0 Å². The van der Waals surface area contributed by atoms with Gasteiger partial charge in [0.1, 0.15) is 11.5 Å². The molecule has 168 valence electrons. The zero-order chi connectivity index (χ0) is 22.6. The SMILES string of the molecule is Cc1cccc(Cc2cccc(C)c2OCCCN=C(N)N)c1OCCCN=C(N)N. The number of hydrogen-bond acceptors (Lipinski definition) is 4. The van der Waals surface area contributed by atoms with Gasteiger partial charge in [0.25, 0.3) is 0 Å². The van der Waals surface area contributed by atoms with E-state index in [0.29, 0.717) is 32.7 Å². The van der Waals surface area contributed by atoms with Gasteiger partial charge >= 0.3 is 0 Å². The van der Waals surface area contributed by atoms with Crippen molar-refractivity contribution < 1.29 is 9.47 Å². The van der Waals surface area contributed by atoms with E-state index in [9.17, 15) is 0 Å². The van der Waals surface area contributed by atoms with E-state index in [4.69, 9.17) is 32.4 Å². The minimum absolute atomic E-state index is 0.0989. The molecule has 2 aromatic carbocycles. The summed E-state index contributed by atoms with van der Waals surface area (Å²) in [5.41, 5.74) is 25.9. The van der Waals surface area contributed by atoms with E-state index in [1.54, 1.807) is 0 Å². The van der Waals surface area contributed by atoms with E-state index >= 15 is 0 Å². The molecule has 2 aromatic rings. The van der Waals surface area contributed by atoms with Crippen molar-refractivity contribution in [2.75, 3.05) is 26.3 Å². The van der Waals surface area contributed by atoms with Crippen molar-refractivity contribution >= 4 is 11.9 Å². The topological polar surface area (TPSA) is 147 Å². The van der Waals surface area contributed by atoms with Gasteiger partial charge in [-0.15, -0.1) is 0 Å². The molecule has 8 heteroatoms. The number of para-hydroxylation sites is 2. The van der Waals surface area contributed by atoms with Crippen molar-refractivity contribution in [3.8, 4) is 11.5 Å². The number of aryl methyl sites for hydroxylation is 2. The van der Waals surface area contributed by atoms with E-state index in [2.05, 4.69) is 22.1 Å². The average molecular weight is 427 g/mol. The van der Waals surface area contributed by atoms with Crippen LogP contribution >= 0.6 is 0 Å². The van der Waals surface area contributed by atoms with Crippen LogP contribution in [-0.2, 0) is 6.42 Å². The van der Waals surface area contributed by atoms with Crippen LogP contribution in [0.3, 0.4) is 0 Å². The summed E-state index contributed by atoms with van der Waals surface area (Å²) >= 11 is 0. The zero-order valence-electron chi connectivity index (χ0n) is 18.4. The minimum atomic E-state index is 0.0989. The molecule has 0 amide bonds. The van der Waals surface area contributed by atoms with Crippen LogP contribution in [0.4, 0.5) is 0 Å². The molecular formula is C23H34N6O2. The molecule has 0 aliphatic rings. The number of guanidine groups is 2. The third kappa shape index (κ3) is 8.08. The fourth-order valence-electron chi connectivity index (χ4n) is 3.22. The Kier molecular flexibility index (Phi) is 9.48. The monoisotopic (exact) mass is 426 g/mol. The molecule has 0 saturated heterocycles. The molecule has 0 radical (unpaired) electrons. The van der Waals surface area contributed by atoms with Gasteiger partial charge in [0, 0.05) is 32.4 Å². The first-order valence-corrected chi connectivity index (χ1v) is 10.4. The van der Waals surface area contributed by atoms with Gasteiger partial charge in [0.05, 0.1) is 13.2 Å². The summed E-state index contributed by atoms with van der Waals surface area (Å²) in [7, 11) is 0. The molecule has 0 aromatic heterocycles. The maximum absolute atomic E-state index is 6.10. The Morgan fingerprint density at radius 2 is 1.13 bits per heavy atom. The van der Waals surface area contributed by atoms with Crippen LogP contribution in [-0.4, -0.2) is 38.2 Å². The van der Waals surface area contributed by atoms with Crippen LogP contribution in [0, 0.1) is 13.8 Å². The number of benzene rings is 2. The predicted octanol–water partition coefficient (Wildman–Crippen LogP) is 1.98. The molecule has 2 rings (SSSR count). The van der Waals surface area contributed by atoms with Crippen LogP contribution in [0.2, 0.25) is 0 Å². The third-order valence-corrected chi connectivity index (χ3v) is 4.65. The second-order valence-electron chi connectivity index (χ2n) is 7.32. The number of rotatable bonds is 12. The van der Waals surface area contributed by atoms with Crippen molar-refractivity contribution in [2.45, 2.75) is 33.1 Å². The number of nitrogens with two attached hydrogens (primary N) is 4. The lowest BCUT2D eigenvalue weighted by Gasteiger charge is -2.17. The smallest absolute Gasteiger partial charge is 0.185 e. The lowest BCUT2D eigenvalue weighted by molar-refractivity contribution is 0.305. The summed E-state index contributed by atoms with van der Waals surface area (Å²) < 4.78 is 12.2. The molecule has 0 heterocycles. The van der Waals surface area contributed by atoms with E-state index < -0.39 is 0 Å². The van der Waals surface area contributed by atoms with Crippen molar-refractivity contribution in [1.82, 2.24) is 0 Å². The Labute approximate surface area is 184 Å². The molecule has 0 spiro atoms. The average Bonchev–Trinajstić information content (AvgIpc) is 2.70. The Balaban J connectivity index is 2.10. The maximum atomic E-state index is 6.10. The molecule has 8 N–H and O–H groups in total. The highest BCUT2D eigenvalue weighted by Crippen LogP contribution is 2.31. The van der Waals surface area contributed by atoms with Crippen LogP contribution in [0.5, 0.6) is 11.5 Å². The van der Waals surface area contributed by atoms with Crippen molar-refractivity contribution in [3.05, 3.63) is 58.7 Å². The summed E-state index contributed by atoms with van der Waals surface area (Å²) in [6.07, 6.45) is 2.18. The van der Waals surface area contributed by atoms with Crippen LogP contribution in [0.1, 0.15) is 35.1 Å². The highest BCUT2D eigenvalue weighted by Gasteiger charge is 2.13. The summed E-state index contributed by atoms with van der Waals surface area (Å²) in [6, 6.07) is 12.4. The maximum Gasteiger partial charge on any atom is 0.185 e. The molecule has 0 saturated carbocycles. The molecule has 0 aliphatic carbocycles. The summed E-state index contributed by atoms with van der Waals surface area (Å²) in [6.45, 7) is 6.25. The first-order chi connectivity index (χ1) is 14.9. The molecule has 0 aliphatic heterocycles. The predicted molar refractivity (Wildman–Crippen MR) is 127 cm³/mol. The first kappa shape index (κ1) is 23.9. The number of hydrogen-bond donors (Lipinski definition) is 4. The second-order valence-corrected chi connectivity index (χ2v) is 7.32. The highest BCUT2D eigenvalue weighted by molar-refractivity contribution is 5.75. The van der Waals surface area contributed by atoms with Gasteiger partial charge in [0.15, 0.2) is 11.9 Å². The van der Waals surface area contributed by atoms with Gasteiger partial charge in [0.2, 0.25) is 0 Å². The van der Waals surface area contributed by atoms with Crippen LogP contribution in [0.25, 0.3) is 0 Å². The molecule has 0 bridgehead atoms. The quantitative estimate of drug-likeness (QED) is 0.232. The molecule has 0 unspecified atom stereocenters. The van der Waals surface area contributed by atoms with E-state index in [-0.39, 0.29) is 11.9 Å². The van der Waals surface area contributed by atoms with E-state index in [1.165, 1.54) is 0 Å². The minimum Gasteiger partial charge on any atom is -0.493 e. The standard InChI is InChI=1S/C23H34N6O2/c1-16-7-3-9-18(20(16)30-13-5-11-28-22(24)25)15-19-10-4-8-17(2)21(19)31-14-6-12-29-23(26)27/h3-4,7-10H,5-6,11-15H2,1-2H3,(H4,24,25,28)(H4,26,27,29). The van der Waals surface area contributed by atoms with E-state index in [1.807, 2.05) is 38.1 Å². The zero-order valence-corrected chi connectivity index (χ0v) is 18.4. The molecule has 0 atom stereocenters. The highest BCUT2D eigenvalue weighted by atomic mass is 16.5. The Morgan fingerprint density at radius 3 is 1.52 bits per heavy atom. The van der Waals surface area contributed by atoms with Gasteiger partial charge in [-0.2, -0.15) is 0 Å². The van der Waals surface area contributed by atoms with Gasteiger partial charge in [-0.05, 0) is 36.1 Å². The summed E-state index contributed by atoms with van der Waals surface area (Å²) in [5.74, 6) is 1.99. The van der Waals surface area contributed by atoms with Gasteiger partial charge in [-0.3, -0.25) is 9.98 Å². The van der Waals surface area contributed by atoms with Crippen molar-refractivity contribution in [3.63, 3.8) is 0 Å². The number of nitrogens with zero attached hydrogens (tertiary/aromatic N) is 2. The normalized spacial score (nSPS) is 10.4. The second kappa shape index (κ2) is 12.3.